The Morgan fingerprint density at radius 3 is 2.62 bits per heavy atom. The molecule has 0 unspecified atom stereocenters. The third-order valence-corrected chi connectivity index (χ3v) is 4.33. The standard InChI is InChI=1S/C19H21N3O4/c1-19(2)18(23)17(21-9-8-12-6-4-3-5-7-12)13-10-14(20)15(22(24)25)11-16(13)26-19/h3-7,10-11,21,23H,8-9,20H2,1-2H3. The van der Waals surface area contributed by atoms with Crippen LogP contribution in [-0.2, 0) is 6.42 Å². The van der Waals surface area contributed by atoms with Gasteiger partial charge in [-0.05, 0) is 31.9 Å². The van der Waals surface area contributed by atoms with Gasteiger partial charge in [-0.25, -0.2) is 0 Å². The van der Waals surface area contributed by atoms with Gasteiger partial charge in [-0.3, -0.25) is 10.1 Å². The lowest BCUT2D eigenvalue weighted by molar-refractivity contribution is -0.384. The van der Waals surface area contributed by atoms with Crippen molar-refractivity contribution in [2.24, 2.45) is 0 Å². The Kier molecular flexibility index (Phi) is 4.46. The fraction of sp³-hybridized carbons (Fsp3) is 0.263. The van der Waals surface area contributed by atoms with E-state index in [4.69, 9.17) is 10.5 Å². The van der Waals surface area contributed by atoms with Crippen LogP contribution >= 0.6 is 0 Å². The number of aliphatic hydroxyl groups is 1. The van der Waals surface area contributed by atoms with Crippen molar-refractivity contribution in [1.82, 2.24) is 5.32 Å². The van der Waals surface area contributed by atoms with Crippen molar-refractivity contribution < 1.29 is 14.8 Å². The summed E-state index contributed by atoms with van der Waals surface area (Å²) in [4.78, 5) is 10.6. The molecule has 1 heterocycles. The van der Waals surface area contributed by atoms with Crippen molar-refractivity contribution in [2.45, 2.75) is 25.9 Å². The highest BCUT2D eigenvalue weighted by molar-refractivity contribution is 5.79. The van der Waals surface area contributed by atoms with Crippen molar-refractivity contribution in [3.63, 3.8) is 0 Å². The normalized spacial score (nSPS) is 15.2. The number of fused-ring (bicyclic) bond motifs is 1. The maximum atomic E-state index is 11.1. The zero-order valence-corrected chi connectivity index (χ0v) is 14.7. The van der Waals surface area contributed by atoms with Crippen molar-refractivity contribution in [1.29, 1.82) is 0 Å². The number of aliphatic hydroxyl groups excluding tert-OH is 1. The first-order valence-electron chi connectivity index (χ1n) is 8.28. The monoisotopic (exact) mass is 355 g/mol. The summed E-state index contributed by atoms with van der Waals surface area (Å²) in [7, 11) is 0. The highest BCUT2D eigenvalue weighted by Crippen LogP contribution is 2.42. The largest absolute Gasteiger partial charge is 0.506 e. The summed E-state index contributed by atoms with van der Waals surface area (Å²) in [6.45, 7) is 3.98. The number of hydrogen-bond acceptors (Lipinski definition) is 6. The maximum absolute atomic E-state index is 11.1. The van der Waals surface area contributed by atoms with E-state index in [1.54, 1.807) is 13.8 Å². The smallest absolute Gasteiger partial charge is 0.295 e. The number of nitro benzene ring substituents is 1. The highest BCUT2D eigenvalue weighted by Gasteiger charge is 2.36. The molecule has 0 saturated carbocycles. The molecule has 2 aromatic carbocycles. The Morgan fingerprint density at radius 1 is 1.27 bits per heavy atom. The van der Waals surface area contributed by atoms with Crippen molar-refractivity contribution in [2.75, 3.05) is 12.3 Å². The summed E-state index contributed by atoms with van der Waals surface area (Å²) in [5.41, 5.74) is 6.76. The Morgan fingerprint density at radius 2 is 1.96 bits per heavy atom. The fourth-order valence-electron chi connectivity index (χ4n) is 2.93. The van der Waals surface area contributed by atoms with Crippen LogP contribution in [-0.4, -0.2) is 22.2 Å². The second kappa shape index (κ2) is 6.59. The molecule has 3 rings (SSSR count). The molecule has 4 N–H and O–H groups in total. The lowest BCUT2D eigenvalue weighted by atomic mass is 9.95. The van der Waals surface area contributed by atoms with Gasteiger partial charge in [0.1, 0.15) is 11.4 Å². The number of anilines is 1. The third-order valence-electron chi connectivity index (χ3n) is 4.33. The van der Waals surface area contributed by atoms with Crippen LogP contribution in [0.2, 0.25) is 0 Å². The number of benzene rings is 2. The van der Waals surface area contributed by atoms with Gasteiger partial charge in [0.25, 0.3) is 5.69 Å². The van der Waals surface area contributed by atoms with E-state index in [2.05, 4.69) is 5.32 Å². The van der Waals surface area contributed by atoms with E-state index in [-0.39, 0.29) is 17.1 Å². The number of nitrogens with two attached hydrogens (primary N) is 1. The van der Waals surface area contributed by atoms with Crippen LogP contribution in [0.25, 0.3) is 5.70 Å². The molecular weight excluding hydrogens is 334 g/mol. The zero-order chi connectivity index (χ0) is 18.9. The van der Waals surface area contributed by atoms with Crippen LogP contribution in [0.4, 0.5) is 11.4 Å². The third kappa shape index (κ3) is 3.28. The predicted molar refractivity (Wildman–Crippen MR) is 99.9 cm³/mol. The number of rotatable bonds is 5. The summed E-state index contributed by atoms with van der Waals surface area (Å²) in [6, 6.07) is 12.7. The fourth-order valence-corrected chi connectivity index (χ4v) is 2.93. The predicted octanol–water partition coefficient (Wildman–Crippen LogP) is 3.41. The van der Waals surface area contributed by atoms with Gasteiger partial charge < -0.3 is 20.9 Å². The summed E-state index contributed by atoms with van der Waals surface area (Å²) >= 11 is 0. The Hall–Kier alpha value is -3.22. The summed E-state index contributed by atoms with van der Waals surface area (Å²) in [6.07, 6.45) is 0.761. The van der Waals surface area contributed by atoms with Gasteiger partial charge in [-0.15, -0.1) is 0 Å². The van der Waals surface area contributed by atoms with E-state index in [1.165, 1.54) is 12.1 Å². The molecule has 0 spiro atoms. The first-order valence-corrected chi connectivity index (χ1v) is 8.28. The minimum absolute atomic E-state index is 0.0206. The maximum Gasteiger partial charge on any atom is 0.295 e. The van der Waals surface area contributed by atoms with E-state index in [1.807, 2.05) is 30.3 Å². The van der Waals surface area contributed by atoms with Gasteiger partial charge in [-0.2, -0.15) is 0 Å². The minimum Gasteiger partial charge on any atom is -0.506 e. The lowest BCUT2D eigenvalue weighted by Crippen LogP contribution is -2.37. The molecule has 26 heavy (non-hydrogen) atoms. The number of ether oxygens (including phenoxy) is 1. The summed E-state index contributed by atoms with van der Waals surface area (Å²) in [5, 5.41) is 25.0. The molecule has 0 atom stereocenters. The second-order valence-electron chi connectivity index (χ2n) is 6.66. The Balaban J connectivity index is 1.92. The number of nitrogens with one attached hydrogen (secondary N) is 1. The van der Waals surface area contributed by atoms with Crippen LogP contribution in [0.5, 0.6) is 5.75 Å². The minimum atomic E-state index is -1.01. The van der Waals surface area contributed by atoms with Crippen LogP contribution in [0.15, 0.2) is 48.2 Å². The van der Waals surface area contributed by atoms with E-state index in [9.17, 15) is 15.2 Å². The number of hydrogen-bond donors (Lipinski definition) is 3. The molecular formula is C19H21N3O4. The topological polar surface area (TPSA) is 111 Å². The van der Waals surface area contributed by atoms with E-state index >= 15 is 0 Å². The van der Waals surface area contributed by atoms with Gasteiger partial charge >= 0.3 is 0 Å². The molecule has 2 aromatic rings. The van der Waals surface area contributed by atoms with E-state index in [0.29, 0.717) is 23.6 Å². The van der Waals surface area contributed by atoms with Crippen LogP contribution < -0.4 is 15.8 Å². The quantitative estimate of drug-likeness (QED) is 0.431. The molecule has 1 aliphatic rings. The molecule has 0 radical (unpaired) electrons. The molecule has 1 aliphatic heterocycles. The van der Waals surface area contributed by atoms with Crippen LogP contribution in [0.3, 0.4) is 0 Å². The molecule has 0 saturated heterocycles. The van der Waals surface area contributed by atoms with Crippen LogP contribution in [0.1, 0.15) is 25.0 Å². The average Bonchev–Trinajstić information content (AvgIpc) is 2.59. The molecule has 7 nitrogen and oxygen atoms in total. The molecule has 0 bridgehead atoms. The average molecular weight is 355 g/mol. The van der Waals surface area contributed by atoms with Crippen molar-refractivity contribution in [3.8, 4) is 5.75 Å². The van der Waals surface area contributed by atoms with E-state index in [0.717, 1.165) is 12.0 Å². The number of nitrogen functional groups attached to an aromatic ring is 1. The van der Waals surface area contributed by atoms with Gasteiger partial charge in [0.05, 0.1) is 16.7 Å². The first kappa shape index (κ1) is 17.6. The lowest BCUT2D eigenvalue weighted by Gasteiger charge is -2.34. The first-order chi connectivity index (χ1) is 12.3. The Labute approximate surface area is 151 Å². The van der Waals surface area contributed by atoms with Crippen LogP contribution in [0, 0.1) is 10.1 Å². The Bertz CT molecular complexity index is 876. The van der Waals surface area contributed by atoms with Crippen molar-refractivity contribution >= 4 is 17.1 Å². The van der Waals surface area contributed by atoms with Gasteiger partial charge in [0.15, 0.2) is 11.4 Å². The zero-order valence-electron chi connectivity index (χ0n) is 14.7. The highest BCUT2D eigenvalue weighted by atomic mass is 16.6. The molecule has 136 valence electrons. The van der Waals surface area contributed by atoms with Gasteiger partial charge in [0.2, 0.25) is 0 Å². The molecule has 0 aliphatic carbocycles. The van der Waals surface area contributed by atoms with Gasteiger partial charge in [0, 0.05) is 12.1 Å². The van der Waals surface area contributed by atoms with Crippen molar-refractivity contribution in [3.05, 3.63) is 69.5 Å². The molecule has 0 amide bonds. The summed E-state index contributed by atoms with van der Waals surface area (Å²) < 4.78 is 5.76. The second-order valence-corrected chi connectivity index (χ2v) is 6.66. The number of nitro groups is 1. The van der Waals surface area contributed by atoms with Gasteiger partial charge in [-0.1, -0.05) is 30.3 Å². The summed E-state index contributed by atoms with van der Waals surface area (Å²) in [5.74, 6) is 0.349. The number of nitrogens with zero attached hydrogens (tertiary/aromatic N) is 1. The molecule has 0 fully saturated rings. The SMILES string of the molecule is CC1(C)Oc2cc([N+](=O)[O-])c(N)cc2C(NCCc2ccccc2)=C1O. The molecule has 0 aromatic heterocycles. The van der Waals surface area contributed by atoms with E-state index < -0.39 is 10.5 Å². The molecule has 7 heteroatoms.